The van der Waals surface area contributed by atoms with E-state index in [0.29, 0.717) is 17.0 Å². The van der Waals surface area contributed by atoms with Crippen molar-refractivity contribution in [3.05, 3.63) is 58.9 Å². The summed E-state index contributed by atoms with van der Waals surface area (Å²) in [7, 11) is 0. The largest absolute Gasteiger partial charge is 0.348 e. The fourth-order valence-electron chi connectivity index (χ4n) is 2.27. The average Bonchev–Trinajstić information content (AvgIpc) is 2.85. The minimum absolute atomic E-state index is 0.376. The number of rotatable bonds is 2. The van der Waals surface area contributed by atoms with Gasteiger partial charge in [0.2, 0.25) is 0 Å². The molecule has 0 bridgehead atoms. The van der Waals surface area contributed by atoms with Crippen LogP contribution in [0.4, 0.5) is 10.5 Å². The molecule has 0 aliphatic heterocycles. The van der Waals surface area contributed by atoms with Crippen LogP contribution in [0, 0.1) is 19.3 Å². The Morgan fingerprint density at radius 1 is 1.30 bits per heavy atom. The van der Waals surface area contributed by atoms with Crippen molar-refractivity contribution in [3.8, 4) is 12.3 Å². The highest BCUT2D eigenvalue weighted by atomic mass is 32.1. The van der Waals surface area contributed by atoms with E-state index in [1.165, 1.54) is 11.3 Å². The lowest BCUT2D eigenvalue weighted by molar-refractivity contribution is 0.259. The number of aryl methyl sites for hydroxylation is 1. The van der Waals surface area contributed by atoms with Crippen LogP contribution in [-0.4, -0.2) is 10.6 Å². The van der Waals surface area contributed by atoms with E-state index in [4.69, 9.17) is 6.42 Å². The number of carbonyl (C=O) groups excluding carboxylic acids is 1. The molecule has 1 heterocycles. The van der Waals surface area contributed by atoms with E-state index in [1.54, 1.807) is 0 Å². The van der Waals surface area contributed by atoms with E-state index in [0.717, 1.165) is 15.8 Å². The summed E-state index contributed by atoms with van der Waals surface area (Å²) in [5.74, 6) is 2.62. The molecule has 0 saturated heterocycles. The van der Waals surface area contributed by atoms with Gasteiger partial charge in [-0.1, -0.05) is 41.5 Å². The van der Waals surface area contributed by atoms with E-state index >= 15 is 0 Å². The quantitative estimate of drug-likeness (QED) is 0.717. The molecule has 2 amide bonds. The molecule has 0 aliphatic carbocycles. The number of nitrogens with zero attached hydrogens (tertiary/aromatic N) is 2. The number of amides is 2. The maximum Gasteiger partial charge on any atom is 0.348 e. The molecule has 1 N–H and O–H groups in total. The zero-order valence-corrected chi connectivity index (χ0v) is 13.4. The first-order valence-electron chi connectivity index (χ1n) is 7.11. The number of fused-ring (bicyclic) bond motifs is 1. The first kappa shape index (κ1) is 15.1. The number of hydrogen-bond acceptors (Lipinski definition) is 2. The molecular weight excluding hydrogens is 306 g/mol. The molecule has 2 aromatic carbocycles. The van der Waals surface area contributed by atoms with Crippen molar-refractivity contribution in [2.24, 2.45) is 4.99 Å². The Morgan fingerprint density at radius 3 is 2.83 bits per heavy atom. The lowest BCUT2D eigenvalue weighted by Crippen LogP contribution is -2.18. The predicted molar refractivity (Wildman–Crippen MR) is 94.4 cm³/mol. The summed E-state index contributed by atoms with van der Waals surface area (Å²) in [4.78, 5) is 16.9. The predicted octanol–water partition coefficient (Wildman–Crippen LogP) is 3.78. The number of para-hydroxylation sites is 1. The molecule has 4 nitrogen and oxygen atoms in total. The van der Waals surface area contributed by atoms with Gasteiger partial charge in [-0.3, -0.25) is 0 Å². The number of benzene rings is 2. The first-order chi connectivity index (χ1) is 11.2. The van der Waals surface area contributed by atoms with E-state index in [2.05, 4.69) is 22.3 Å². The van der Waals surface area contributed by atoms with Crippen LogP contribution < -0.4 is 10.1 Å². The Hall–Kier alpha value is -2.84. The van der Waals surface area contributed by atoms with Crippen LogP contribution in [0.5, 0.6) is 0 Å². The standard InChI is InChI=1S/C18H15N3OS/c1-3-11-21-15-10-9-13(2)12-16(15)23-18(21)20-17(22)19-14-7-5-4-6-8-14/h1,4-10,12H,11H2,2H3,(H,19,22)/b20-18-. The Balaban J connectivity index is 2.02. The third kappa shape index (κ3) is 3.33. The van der Waals surface area contributed by atoms with Gasteiger partial charge >= 0.3 is 6.03 Å². The van der Waals surface area contributed by atoms with Gasteiger partial charge in [0, 0.05) is 5.69 Å². The number of terminal acetylenes is 1. The van der Waals surface area contributed by atoms with E-state index in [1.807, 2.05) is 54.0 Å². The van der Waals surface area contributed by atoms with Crippen molar-refractivity contribution in [2.75, 3.05) is 5.32 Å². The highest BCUT2D eigenvalue weighted by Gasteiger charge is 2.07. The topological polar surface area (TPSA) is 46.4 Å². The fourth-order valence-corrected chi connectivity index (χ4v) is 3.40. The van der Waals surface area contributed by atoms with Gasteiger partial charge in [-0.25, -0.2) is 4.79 Å². The summed E-state index contributed by atoms with van der Waals surface area (Å²) in [6.45, 7) is 2.41. The molecule has 0 fully saturated rings. The molecule has 5 heteroatoms. The third-order valence-electron chi connectivity index (χ3n) is 3.31. The summed E-state index contributed by atoms with van der Waals surface area (Å²) in [5.41, 5.74) is 2.86. The molecule has 3 aromatic rings. The van der Waals surface area contributed by atoms with E-state index < -0.39 is 6.03 Å². The first-order valence-corrected chi connectivity index (χ1v) is 7.93. The minimum Gasteiger partial charge on any atom is -0.306 e. The average molecular weight is 321 g/mol. The smallest absolute Gasteiger partial charge is 0.306 e. The Labute approximate surface area is 138 Å². The van der Waals surface area contributed by atoms with Crippen molar-refractivity contribution in [1.29, 1.82) is 0 Å². The highest BCUT2D eigenvalue weighted by Crippen LogP contribution is 2.18. The number of carbonyl (C=O) groups is 1. The molecule has 0 saturated carbocycles. The van der Waals surface area contributed by atoms with E-state index in [9.17, 15) is 4.79 Å². The van der Waals surface area contributed by atoms with Gasteiger partial charge in [0.05, 0.1) is 16.8 Å². The van der Waals surface area contributed by atoms with Crippen LogP contribution in [0.3, 0.4) is 0 Å². The van der Waals surface area contributed by atoms with Crippen molar-refractivity contribution < 1.29 is 4.79 Å². The molecular formula is C18H15N3OS. The zero-order chi connectivity index (χ0) is 16.2. The van der Waals surface area contributed by atoms with Crippen LogP contribution in [0.25, 0.3) is 10.2 Å². The van der Waals surface area contributed by atoms with Gasteiger partial charge in [0.15, 0.2) is 4.80 Å². The summed E-state index contributed by atoms with van der Waals surface area (Å²) < 4.78 is 2.94. The zero-order valence-electron chi connectivity index (χ0n) is 12.6. The molecule has 23 heavy (non-hydrogen) atoms. The lowest BCUT2D eigenvalue weighted by atomic mass is 10.2. The summed E-state index contributed by atoms with van der Waals surface area (Å²) in [6.07, 6.45) is 5.46. The van der Waals surface area contributed by atoms with Crippen molar-refractivity contribution >= 4 is 33.3 Å². The Kier molecular flexibility index (Phi) is 4.26. The van der Waals surface area contributed by atoms with Gasteiger partial charge in [-0.05, 0) is 36.8 Å². The monoisotopic (exact) mass is 321 g/mol. The highest BCUT2D eigenvalue weighted by molar-refractivity contribution is 7.16. The number of urea groups is 1. The molecule has 114 valence electrons. The molecule has 0 unspecified atom stereocenters. The summed E-state index contributed by atoms with van der Waals surface area (Å²) in [6, 6.07) is 14.9. The number of nitrogens with one attached hydrogen (secondary N) is 1. The second-order valence-corrected chi connectivity index (χ2v) is 6.06. The summed E-state index contributed by atoms with van der Waals surface area (Å²) >= 11 is 1.46. The Bertz CT molecular complexity index is 961. The molecule has 1 aromatic heterocycles. The molecule has 0 atom stereocenters. The van der Waals surface area contributed by atoms with Gasteiger partial charge in [-0.2, -0.15) is 4.99 Å². The molecule has 0 aliphatic rings. The third-order valence-corrected chi connectivity index (χ3v) is 4.35. The number of thiazole rings is 1. The van der Waals surface area contributed by atoms with Gasteiger partial charge < -0.3 is 9.88 Å². The van der Waals surface area contributed by atoms with Crippen LogP contribution in [0.15, 0.2) is 53.5 Å². The minimum atomic E-state index is -0.412. The van der Waals surface area contributed by atoms with Gasteiger partial charge in [0.1, 0.15) is 0 Å². The van der Waals surface area contributed by atoms with Crippen LogP contribution in [-0.2, 0) is 6.54 Å². The molecule has 0 spiro atoms. The molecule has 0 radical (unpaired) electrons. The second kappa shape index (κ2) is 6.51. The number of anilines is 1. The van der Waals surface area contributed by atoms with Crippen LogP contribution in [0.2, 0.25) is 0 Å². The lowest BCUT2D eigenvalue weighted by Gasteiger charge is -2.01. The van der Waals surface area contributed by atoms with Crippen molar-refractivity contribution in [3.63, 3.8) is 0 Å². The van der Waals surface area contributed by atoms with E-state index in [-0.39, 0.29) is 0 Å². The number of aromatic nitrogens is 1. The Morgan fingerprint density at radius 2 is 2.09 bits per heavy atom. The van der Waals surface area contributed by atoms with Crippen LogP contribution in [0.1, 0.15) is 5.56 Å². The maximum absolute atomic E-state index is 12.1. The normalized spacial score (nSPS) is 11.4. The molecule has 3 rings (SSSR count). The van der Waals surface area contributed by atoms with Crippen molar-refractivity contribution in [1.82, 2.24) is 4.57 Å². The SMILES string of the molecule is C#CCn1/c(=N/C(=O)Nc2ccccc2)sc2cc(C)ccc21. The van der Waals surface area contributed by atoms with Crippen molar-refractivity contribution in [2.45, 2.75) is 13.5 Å². The fraction of sp³-hybridized carbons (Fsp3) is 0.111. The summed E-state index contributed by atoms with van der Waals surface area (Å²) in [5, 5.41) is 2.75. The second-order valence-electron chi connectivity index (χ2n) is 5.05. The maximum atomic E-state index is 12.1. The van der Waals surface area contributed by atoms with Gasteiger partial charge in [0.25, 0.3) is 0 Å². The van der Waals surface area contributed by atoms with Gasteiger partial charge in [-0.15, -0.1) is 6.42 Å². The van der Waals surface area contributed by atoms with Crippen LogP contribution >= 0.6 is 11.3 Å². The number of hydrogen-bond donors (Lipinski definition) is 1.